The van der Waals surface area contributed by atoms with Crippen LogP contribution in [-0.2, 0) is 0 Å². The third-order valence-corrected chi connectivity index (χ3v) is 3.29. The Kier molecular flexibility index (Phi) is 3.71. The molecule has 3 N–H and O–H groups in total. The Hall–Kier alpha value is -1.46. The molecule has 0 aliphatic rings. The van der Waals surface area contributed by atoms with Crippen LogP contribution in [0.5, 0.6) is 0 Å². The highest BCUT2D eigenvalue weighted by Crippen LogP contribution is 2.06. The molecule has 0 amide bonds. The van der Waals surface area contributed by atoms with E-state index in [-0.39, 0.29) is 6.61 Å². The quantitative estimate of drug-likeness (QED) is 0.686. The fraction of sp³-hybridized carbons (Fsp3) is 0.250. The summed E-state index contributed by atoms with van der Waals surface area (Å²) in [6, 6.07) is 5.53. The molecule has 2 aromatic rings. The zero-order valence-electron chi connectivity index (χ0n) is 9.31. The van der Waals surface area contributed by atoms with Gasteiger partial charge in [0.2, 0.25) is 0 Å². The minimum Gasteiger partial charge on any atom is -0.511 e. The summed E-state index contributed by atoms with van der Waals surface area (Å²) in [5, 5.41) is 19.3. The van der Waals surface area contributed by atoms with Crippen molar-refractivity contribution in [3.05, 3.63) is 28.9 Å². The summed E-state index contributed by atoms with van der Waals surface area (Å²) in [5.41, 5.74) is 2.33. The number of thioether (sulfide) groups is 1. The van der Waals surface area contributed by atoms with Crippen molar-refractivity contribution in [1.82, 2.24) is 9.97 Å². The van der Waals surface area contributed by atoms with E-state index in [0.717, 1.165) is 16.3 Å². The van der Waals surface area contributed by atoms with Gasteiger partial charge in [-0.3, -0.25) is 0 Å². The highest BCUT2D eigenvalue weighted by molar-refractivity contribution is 7.99. The monoisotopic (exact) mass is 250 g/mol. The van der Waals surface area contributed by atoms with Crippen molar-refractivity contribution in [3.8, 4) is 0 Å². The molecular weight excluding hydrogens is 236 g/mol. The molecule has 1 heterocycles. The topological polar surface area (TPSA) is 69.1 Å². The zero-order chi connectivity index (χ0) is 12.3. The van der Waals surface area contributed by atoms with Gasteiger partial charge in [-0.25, -0.2) is 4.98 Å². The first-order valence-electron chi connectivity index (χ1n) is 5.26. The van der Waals surface area contributed by atoms with Gasteiger partial charge in [-0.1, -0.05) is 6.58 Å². The minimum absolute atomic E-state index is 0.127. The van der Waals surface area contributed by atoms with Crippen molar-refractivity contribution in [1.29, 1.82) is 0 Å². The van der Waals surface area contributed by atoms with Crippen molar-refractivity contribution in [2.45, 2.75) is 0 Å². The Morgan fingerprint density at radius 1 is 1.47 bits per heavy atom. The fourth-order valence-corrected chi connectivity index (χ4v) is 2.19. The van der Waals surface area contributed by atoms with Crippen LogP contribution in [0.2, 0.25) is 0 Å². The molecule has 0 spiro atoms. The third kappa shape index (κ3) is 2.81. The number of nitrogens with one attached hydrogen (secondary N) is 1. The summed E-state index contributed by atoms with van der Waals surface area (Å²) in [4.78, 5) is 7.22. The number of aliphatic hydroxyl groups excluding tert-OH is 2. The van der Waals surface area contributed by atoms with E-state index in [2.05, 4.69) is 16.5 Å². The summed E-state index contributed by atoms with van der Waals surface area (Å²) in [6.07, 6.45) is 0. The van der Waals surface area contributed by atoms with Crippen LogP contribution in [0.4, 0.5) is 0 Å². The van der Waals surface area contributed by atoms with Crippen molar-refractivity contribution in [3.63, 3.8) is 0 Å². The summed E-state index contributed by atoms with van der Waals surface area (Å²) in [7, 11) is 0. The fourth-order valence-electron chi connectivity index (χ4n) is 1.56. The predicted octanol–water partition coefficient (Wildman–Crippen LogP) is 0.365. The Morgan fingerprint density at radius 3 is 3.06 bits per heavy atom. The van der Waals surface area contributed by atoms with E-state index in [0.29, 0.717) is 22.7 Å². The van der Waals surface area contributed by atoms with Gasteiger partial charge in [0.05, 0.1) is 23.4 Å². The molecule has 0 aliphatic carbocycles. The average molecular weight is 250 g/mol. The van der Waals surface area contributed by atoms with Gasteiger partial charge >= 0.3 is 0 Å². The van der Waals surface area contributed by atoms with Crippen LogP contribution in [0, 0.1) is 0 Å². The summed E-state index contributed by atoms with van der Waals surface area (Å²) >= 11 is 1.49. The van der Waals surface area contributed by atoms with Gasteiger partial charge in [0, 0.05) is 11.0 Å². The maximum atomic E-state index is 9.88. The second-order valence-electron chi connectivity index (χ2n) is 3.64. The number of H-pyrrole nitrogens is 1. The maximum absolute atomic E-state index is 9.88. The molecule has 0 atom stereocenters. The molecule has 17 heavy (non-hydrogen) atoms. The van der Waals surface area contributed by atoms with Crippen LogP contribution in [-0.4, -0.2) is 38.3 Å². The maximum Gasteiger partial charge on any atom is 0.123 e. The van der Waals surface area contributed by atoms with Crippen LogP contribution in [0.1, 0.15) is 0 Å². The van der Waals surface area contributed by atoms with E-state index < -0.39 is 0 Å². The SMILES string of the molecule is C=c1nc2ccc(=C(O)CSCCO)cc2[nH]1. The first-order chi connectivity index (χ1) is 8.20. The molecule has 1 aromatic heterocycles. The van der Waals surface area contributed by atoms with E-state index >= 15 is 0 Å². The van der Waals surface area contributed by atoms with Crippen LogP contribution in [0.25, 0.3) is 23.4 Å². The lowest BCUT2D eigenvalue weighted by molar-refractivity contribution is 0.322. The highest BCUT2D eigenvalue weighted by Gasteiger charge is 1.99. The molecule has 4 nitrogen and oxygen atoms in total. The highest BCUT2D eigenvalue weighted by atomic mass is 32.2. The number of aromatic nitrogens is 2. The molecule has 0 unspecified atom stereocenters. The Labute approximate surface area is 103 Å². The number of nitrogens with zero attached hydrogens (tertiary/aromatic N) is 1. The smallest absolute Gasteiger partial charge is 0.123 e. The Morgan fingerprint density at radius 2 is 2.29 bits per heavy atom. The summed E-state index contributed by atoms with van der Waals surface area (Å²) in [6.45, 7) is 3.85. The van der Waals surface area contributed by atoms with Crippen LogP contribution < -0.4 is 10.7 Å². The minimum atomic E-state index is 0.127. The van der Waals surface area contributed by atoms with E-state index in [4.69, 9.17) is 5.11 Å². The molecular formula is C12H14N2O2S. The second-order valence-corrected chi connectivity index (χ2v) is 4.74. The molecule has 0 radical (unpaired) electrons. The molecule has 2 rings (SSSR count). The van der Waals surface area contributed by atoms with E-state index in [1.807, 2.05) is 18.2 Å². The van der Waals surface area contributed by atoms with Crippen molar-refractivity contribution < 1.29 is 10.2 Å². The number of aromatic amines is 1. The number of imidazole rings is 1. The first-order valence-corrected chi connectivity index (χ1v) is 6.41. The van der Waals surface area contributed by atoms with Gasteiger partial charge in [0.1, 0.15) is 11.2 Å². The Balaban J connectivity index is 2.33. The van der Waals surface area contributed by atoms with Crippen LogP contribution in [0.15, 0.2) is 18.2 Å². The summed E-state index contributed by atoms with van der Waals surface area (Å²) in [5.74, 6) is 1.43. The summed E-state index contributed by atoms with van der Waals surface area (Å²) < 4.78 is 0. The van der Waals surface area contributed by atoms with Gasteiger partial charge in [-0.2, -0.15) is 11.8 Å². The van der Waals surface area contributed by atoms with Gasteiger partial charge in [-0.05, 0) is 18.2 Å². The third-order valence-electron chi connectivity index (χ3n) is 2.34. The van der Waals surface area contributed by atoms with E-state index in [9.17, 15) is 5.11 Å². The van der Waals surface area contributed by atoms with Gasteiger partial charge in [0.15, 0.2) is 0 Å². The van der Waals surface area contributed by atoms with Crippen molar-refractivity contribution >= 4 is 35.1 Å². The molecule has 0 fully saturated rings. The number of fused-ring (bicyclic) bond motifs is 1. The van der Waals surface area contributed by atoms with E-state index in [1.165, 1.54) is 11.8 Å². The first kappa shape index (κ1) is 12.0. The lowest BCUT2D eigenvalue weighted by Gasteiger charge is -1.99. The standard InChI is InChI=1S/C12H14N2O2S/c1-8-13-10-3-2-9(6-11(10)14-8)12(16)7-17-5-4-15/h2-3,6,14-16H,1,4-5,7H2. The largest absolute Gasteiger partial charge is 0.511 e. The van der Waals surface area contributed by atoms with E-state index in [1.54, 1.807) is 0 Å². The lowest BCUT2D eigenvalue weighted by Crippen LogP contribution is -2.07. The van der Waals surface area contributed by atoms with Gasteiger partial charge in [-0.15, -0.1) is 0 Å². The predicted molar refractivity (Wildman–Crippen MR) is 71.3 cm³/mol. The number of hydrogen-bond acceptors (Lipinski definition) is 4. The molecule has 5 heteroatoms. The normalized spacial score (nSPS) is 13.0. The number of benzene rings is 1. The molecule has 0 saturated heterocycles. The van der Waals surface area contributed by atoms with Gasteiger partial charge < -0.3 is 15.2 Å². The zero-order valence-corrected chi connectivity index (χ0v) is 10.1. The van der Waals surface area contributed by atoms with Crippen LogP contribution in [0.3, 0.4) is 0 Å². The van der Waals surface area contributed by atoms with Crippen LogP contribution >= 0.6 is 11.8 Å². The molecule has 0 bridgehead atoms. The van der Waals surface area contributed by atoms with Crippen molar-refractivity contribution in [2.24, 2.45) is 0 Å². The molecule has 0 saturated carbocycles. The second kappa shape index (κ2) is 5.25. The number of rotatable bonds is 4. The lowest BCUT2D eigenvalue weighted by atomic mass is 10.2. The Bertz CT molecular complexity index is 621. The van der Waals surface area contributed by atoms with Gasteiger partial charge in [0.25, 0.3) is 0 Å². The average Bonchev–Trinajstić information content (AvgIpc) is 2.68. The molecule has 1 aromatic carbocycles. The molecule has 0 aliphatic heterocycles. The molecule has 90 valence electrons. The number of hydrogen-bond donors (Lipinski definition) is 3. The number of aliphatic hydroxyl groups is 2. The van der Waals surface area contributed by atoms with Crippen molar-refractivity contribution in [2.75, 3.05) is 18.1 Å².